The number of H-pyrrole nitrogens is 2. The van der Waals surface area contributed by atoms with E-state index in [0.717, 1.165) is 30.5 Å². The van der Waals surface area contributed by atoms with Gasteiger partial charge in [-0.1, -0.05) is 25.5 Å². The number of rotatable bonds is 6. The predicted octanol–water partition coefficient (Wildman–Crippen LogP) is 3.54. The van der Waals surface area contributed by atoms with Crippen LogP contribution in [-0.2, 0) is 22.6 Å². The third-order valence-corrected chi connectivity index (χ3v) is 5.46. The lowest BCUT2D eigenvalue weighted by Crippen LogP contribution is -2.14. The Balaban J connectivity index is 1.99. The van der Waals surface area contributed by atoms with Crippen molar-refractivity contribution >= 4 is 15.7 Å². The van der Waals surface area contributed by atoms with Crippen LogP contribution in [0.2, 0.25) is 0 Å². The van der Waals surface area contributed by atoms with Crippen molar-refractivity contribution in [2.45, 2.75) is 30.8 Å². The summed E-state index contributed by atoms with van der Waals surface area (Å²) in [5.74, 6) is -0.148. The van der Waals surface area contributed by atoms with Crippen LogP contribution < -0.4 is 10.4 Å². The molecule has 0 bridgehead atoms. The molecule has 154 valence electrons. The van der Waals surface area contributed by atoms with Gasteiger partial charge in [-0.2, -0.15) is 18.3 Å². The van der Waals surface area contributed by atoms with E-state index in [-0.39, 0.29) is 22.0 Å². The first-order valence-corrected chi connectivity index (χ1v) is 10.1. The molecule has 0 atom stereocenters. The Kier molecular flexibility index (Phi) is 5.51. The zero-order chi connectivity index (χ0) is 21.2. The molecule has 0 spiro atoms. The van der Waals surface area contributed by atoms with E-state index in [1.807, 2.05) is 6.92 Å². The van der Waals surface area contributed by atoms with Crippen molar-refractivity contribution in [3.63, 3.8) is 0 Å². The minimum absolute atomic E-state index is 0.0792. The van der Waals surface area contributed by atoms with Gasteiger partial charge in [-0.15, -0.1) is 0 Å². The maximum Gasteiger partial charge on any atom is 0.416 e. The van der Waals surface area contributed by atoms with Crippen molar-refractivity contribution in [1.29, 1.82) is 0 Å². The second-order valence-corrected chi connectivity index (χ2v) is 8.00. The molecule has 0 saturated heterocycles. The van der Waals surface area contributed by atoms with Gasteiger partial charge in [-0.25, -0.2) is 18.3 Å². The van der Waals surface area contributed by atoms with Gasteiger partial charge in [0.15, 0.2) is 5.82 Å². The third kappa shape index (κ3) is 4.86. The predicted molar refractivity (Wildman–Crippen MR) is 101 cm³/mol. The molecule has 2 aromatic carbocycles. The number of hydrogen-bond acceptors (Lipinski definition) is 4. The SMILES string of the molecule is CCCc1ccc(S(=O)(=O)Nc2cc(-c3n[nH]c(=O)[nH]3)cc(C(F)(F)F)c2)cc1. The van der Waals surface area contributed by atoms with Crippen LogP contribution in [0.5, 0.6) is 0 Å². The van der Waals surface area contributed by atoms with Gasteiger partial charge >= 0.3 is 11.9 Å². The highest BCUT2D eigenvalue weighted by atomic mass is 32.2. The van der Waals surface area contributed by atoms with Crippen molar-refractivity contribution in [3.05, 3.63) is 64.1 Å². The monoisotopic (exact) mass is 426 g/mol. The molecule has 11 heteroatoms. The molecule has 0 radical (unpaired) electrons. The van der Waals surface area contributed by atoms with Gasteiger partial charge in [-0.05, 0) is 42.3 Å². The molecule has 1 aromatic heterocycles. The zero-order valence-electron chi connectivity index (χ0n) is 15.2. The fourth-order valence-electron chi connectivity index (χ4n) is 2.73. The smallest absolute Gasteiger partial charge is 0.289 e. The second-order valence-electron chi connectivity index (χ2n) is 6.32. The number of aromatic amines is 2. The average Bonchev–Trinajstić information content (AvgIpc) is 3.08. The van der Waals surface area contributed by atoms with Crippen molar-refractivity contribution in [1.82, 2.24) is 15.2 Å². The molecule has 0 aliphatic heterocycles. The Bertz CT molecular complexity index is 1170. The summed E-state index contributed by atoms with van der Waals surface area (Å²) in [5, 5.41) is 5.65. The number of anilines is 1. The van der Waals surface area contributed by atoms with Crippen LogP contribution in [0.3, 0.4) is 0 Å². The summed E-state index contributed by atoms with van der Waals surface area (Å²) in [4.78, 5) is 13.4. The average molecular weight is 426 g/mol. The first-order valence-electron chi connectivity index (χ1n) is 8.57. The van der Waals surface area contributed by atoms with Crippen LogP contribution in [0.15, 0.2) is 52.2 Å². The molecule has 7 nitrogen and oxygen atoms in total. The molecule has 3 N–H and O–H groups in total. The van der Waals surface area contributed by atoms with E-state index in [0.29, 0.717) is 6.07 Å². The largest absolute Gasteiger partial charge is 0.416 e. The summed E-state index contributed by atoms with van der Waals surface area (Å²) in [5.41, 5.74) is -1.25. The number of sulfonamides is 1. The van der Waals surface area contributed by atoms with Crippen LogP contribution >= 0.6 is 0 Å². The molecule has 0 aliphatic rings. The first kappa shape index (κ1) is 20.6. The first-order chi connectivity index (χ1) is 13.6. The highest BCUT2D eigenvalue weighted by Crippen LogP contribution is 2.34. The number of benzene rings is 2. The molecule has 0 saturated carbocycles. The van der Waals surface area contributed by atoms with Crippen molar-refractivity contribution < 1.29 is 21.6 Å². The minimum atomic E-state index is -4.73. The summed E-state index contributed by atoms with van der Waals surface area (Å²) in [7, 11) is -4.12. The van der Waals surface area contributed by atoms with Gasteiger partial charge in [0, 0.05) is 5.56 Å². The second kappa shape index (κ2) is 7.74. The lowest BCUT2D eigenvalue weighted by Gasteiger charge is -2.13. The molecule has 29 heavy (non-hydrogen) atoms. The lowest BCUT2D eigenvalue weighted by atomic mass is 10.1. The van der Waals surface area contributed by atoms with Crippen LogP contribution in [-0.4, -0.2) is 23.6 Å². The van der Waals surface area contributed by atoms with Crippen LogP contribution in [0.4, 0.5) is 18.9 Å². The molecule has 3 rings (SSSR count). The van der Waals surface area contributed by atoms with E-state index in [2.05, 4.69) is 19.9 Å². The summed E-state index contributed by atoms with van der Waals surface area (Å²) in [6.45, 7) is 1.99. The number of nitrogens with zero attached hydrogens (tertiary/aromatic N) is 1. The molecule has 0 fully saturated rings. The Morgan fingerprint density at radius 1 is 1.10 bits per heavy atom. The highest BCUT2D eigenvalue weighted by molar-refractivity contribution is 7.92. The molecular weight excluding hydrogens is 409 g/mol. The zero-order valence-corrected chi connectivity index (χ0v) is 16.0. The number of halogens is 3. The van der Waals surface area contributed by atoms with E-state index >= 15 is 0 Å². The standard InChI is InChI=1S/C18H17F3N4O3S/c1-2-3-11-4-6-15(7-5-11)29(27,28)25-14-9-12(16-22-17(26)24-23-16)8-13(10-14)18(19,20)21/h4-10,25H,2-3H2,1H3,(H2,22,23,24,26). The van der Waals surface area contributed by atoms with Crippen LogP contribution in [0.25, 0.3) is 11.4 Å². The molecule has 1 heterocycles. The van der Waals surface area contributed by atoms with Crippen molar-refractivity contribution in [3.8, 4) is 11.4 Å². The maximum atomic E-state index is 13.3. The number of hydrogen-bond donors (Lipinski definition) is 3. The fourth-order valence-corrected chi connectivity index (χ4v) is 3.77. The van der Waals surface area contributed by atoms with Gasteiger partial charge in [-0.3, -0.25) is 9.71 Å². The Hall–Kier alpha value is -3.08. The molecule has 3 aromatic rings. The Morgan fingerprint density at radius 2 is 1.79 bits per heavy atom. The summed E-state index contributed by atoms with van der Waals surface area (Å²) >= 11 is 0. The van der Waals surface area contributed by atoms with Gasteiger partial charge in [0.05, 0.1) is 16.1 Å². The summed E-state index contributed by atoms with van der Waals surface area (Å²) in [6.07, 6.45) is -3.05. The van der Waals surface area contributed by atoms with Crippen molar-refractivity contribution in [2.24, 2.45) is 0 Å². The van der Waals surface area contributed by atoms with E-state index in [9.17, 15) is 26.4 Å². The molecule has 0 amide bonds. The highest BCUT2D eigenvalue weighted by Gasteiger charge is 2.32. The number of aryl methyl sites for hydroxylation is 1. The summed E-state index contributed by atoms with van der Waals surface area (Å²) in [6, 6.07) is 8.71. The van der Waals surface area contributed by atoms with Gasteiger partial charge < -0.3 is 0 Å². The Morgan fingerprint density at radius 3 is 2.34 bits per heavy atom. The quantitative estimate of drug-likeness (QED) is 0.560. The fraction of sp³-hybridized carbons (Fsp3) is 0.222. The number of nitrogens with one attached hydrogen (secondary N) is 3. The molecular formula is C18H17F3N4O3S. The van der Waals surface area contributed by atoms with E-state index in [1.54, 1.807) is 12.1 Å². The minimum Gasteiger partial charge on any atom is -0.289 e. The van der Waals surface area contributed by atoms with E-state index in [4.69, 9.17) is 0 Å². The summed E-state index contributed by atoms with van der Waals surface area (Å²) < 4.78 is 67.2. The van der Waals surface area contributed by atoms with Gasteiger partial charge in [0.1, 0.15) is 0 Å². The number of alkyl halides is 3. The molecule has 0 unspecified atom stereocenters. The van der Waals surface area contributed by atoms with Gasteiger partial charge in [0.2, 0.25) is 0 Å². The Labute approximate surface area is 164 Å². The van der Waals surface area contributed by atoms with Crippen LogP contribution in [0, 0.1) is 0 Å². The van der Waals surface area contributed by atoms with Gasteiger partial charge in [0.25, 0.3) is 10.0 Å². The lowest BCUT2D eigenvalue weighted by molar-refractivity contribution is -0.137. The van der Waals surface area contributed by atoms with Crippen LogP contribution in [0.1, 0.15) is 24.5 Å². The third-order valence-electron chi connectivity index (χ3n) is 4.06. The molecule has 0 aliphatic carbocycles. The van der Waals surface area contributed by atoms with Crippen molar-refractivity contribution in [2.75, 3.05) is 4.72 Å². The number of aromatic nitrogens is 3. The van der Waals surface area contributed by atoms with E-state index in [1.165, 1.54) is 12.1 Å². The topological polar surface area (TPSA) is 108 Å². The normalized spacial score (nSPS) is 12.1. The maximum absolute atomic E-state index is 13.3. The van der Waals surface area contributed by atoms with E-state index < -0.39 is 27.5 Å².